The van der Waals surface area contributed by atoms with E-state index in [1.165, 1.54) is 6.42 Å². The van der Waals surface area contributed by atoms with Gasteiger partial charge in [-0.3, -0.25) is 0 Å². The fraction of sp³-hybridized carbons (Fsp3) is 0.600. The van der Waals surface area contributed by atoms with Crippen LogP contribution in [0.4, 0.5) is 0 Å². The summed E-state index contributed by atoms with van der Waals surface area (Å²) in [5, 5.41) is 5.10. The minimum atomic E-state index is -3.48. The van der Waals surface area contributed by atoms with Gasteiger partial charge in [0.05, 0.1) is 4.90 Å². The van der Waals surface area contributed by atoms with Gasteiger partial charge < -0.3 is 5.32 Å². The van der Waals surface area contributed by atoms with Crippen molar-refractivity contribution in [3.8, 4) is 0 Å². The summed E-state index contributed by atoms with van der Waals surface area (Å²) in [5.74, 6) is 0. The molecule has 1 saturated heterocycles. The van der Waals surface area contributed by atoms with Crippen LogP contribution >= 0.6 is 0 Å². The van der Waals surface area contributed by atoms with Crippen LogP contribution in [0.15, 0.2) is 29.2 Å². The second-order valence-corrected chi connectivity index (χ2v) is 7.16. The van der Waals surface area contributed by atoms with E-state index in [9.17, 15) is 8.42 Å². The van der Waals surface area contributed by atoms with Crippen molar-refractivity contribution in [1.29, 1.82) is 0 Å². The second kappa shape index (κ2) is 7.35. The molecular formula is C15H25N3O2S. The van der Waals surface area contributed by atoms with Crippen LogP contribution in [0.3, 0.4) is 0 Å². The molecule has 1 atom stereocenters. The first-order chi connectivity index (χ1) is 10.0. The molecule has 2 N–H and O–H groups in total. The molecule has 1 aliphatic heterocycles. The van der Waals surface area contributed by atoms with Crippen LogP contribution in [0.5, 0.6) is 0 Å². The number of rotatable bonds is 6. The number of hydrazine groups is 1. The summed E-state index contributed by atoms with van der Waals surface area (Å²) < 4.78 is 24.9. The Morgan fingerprint density at radius 3 is 2.62 bits per heavy atom. The molecule has 0 spiro atoms. The van der Waals surface area contributed by atoms with Crippen LogP contribution in [-0.4, -0.2) is 33.1 Å². The van der Waals surface area contributed by atoms with Gasteiger partial charge in [0, 0.05) is 19.1 Å². The summed E-state index contributed by atoms with van der Waals surface area (Å²) in [5.41, 5.74) is 0.985. The third-order valence-corrected chi connectivity index (χ3v) is 5.16. The minimum Gasteiger partial charge on any atom is -0.310 e. The van der Waals surface area contributed by atoms with E-state index in [2.05, 4.69) is 10.1 Å². The van der Waals surface area contributed by atoms with Gasteiger partial charge in [-0.25, -0.2) is 13.4 Å². The predicted octanol–water partition coefficient (Wildman–Crippen LogP) is 2.04. The van der Waals surface area contributed by atoms with Gasteiger partial charge >= 0.3 is 0 Å². The maximum atomic E-state index is 12.5. The highest BCUT2D eigenvalue weighted by Crippen LogP contribution is 2.18. The molecule has 0 aromatic heterocycles. The van der Waals surface area contributed by atoms with Crippen molar-refractivity contribution in [3.05, 3.63) is 29.8 Å². The maximum Gasteiger partial charge on any atom is 0.253 e. The van der Waals surface area contributed by atoms with Crippen molar-refractivity contribution in [3.63, 3.8) is 0 Å². The SMILES string of the molecule is CCNC(C)c1cccc(S(=O)(=O)NN2CCCCC2)c1. The van der Waals surface area contributed by atoms with E-state index in [0.29, 0.717) is 4.90 Å². The van der Waals surface area contributed by atoms with Gasteiger partial charge in [-0.1, -0.05) is 25.5 Å². The van der Waals surface area contributed by atoms with Gasteiger partial charge in [0.2, 0.25) is 0 Å². The Kier molecular flexibility index (Phi) is 5.75. The van der Waals surface area contributed by atoms with Crippen LogP contribution in [0, 0.1) is 0 Å². The topological polar surface area (TPSA) is 61.4 Å². The molecule has 2 rings (SSSR count). The molecule has 0 saturated carbocycles. The molecule has 0 amide bonds. The van der Waals surface area contributed by atoms with Gasteiger partial charge in [0.25, 0.3) is 10.0 Å². The number of benzene rings is 1. The number of hydrogen-bond acceptors (Lipinski definition) is 4. The Bertz CT molecular complexity index is 554. The largest absolute Gasteiger partial charge is 0.310 e. The molecule has 1 fully saturated rings. The molecule has 1 heterocycles. The molecule has 118 valence electrons. The molecule has 1 aromatic rings. The van der Waals surface area contributed by atoms with E-state index in [1.807, 2.05) is 19.9 Å². The number of piperidine rings is 1. The van der Waals surface area contributed by atoms with Crippen LogP contribution in [0.1, 0.15) is 44.7 Å². The van der Waals surface area contributed by atoms with Crippen molar-refractivity contribution in [2.75, 3.05) is 19.6 Å². The summed E-state index contributed by atoms with van der Waals surface area (Å²) in [4.78, 5) is 3.02. The maximum absolute atomic E-state index is 12.5. The van der Waals surface area contributed by atoms with Crippen LogP contribution in [0.25, 0.3) is 0 Å². The fourth-order valence-electron chi connectivity index (χ4n) is 2.58. The summed E-state index contributed by atoms with van der Waals surface area (Å²) in [7, 11) is -3.48. The molecule has 6 heteroatoms. The molecule has 1 aromatic carbocycles. The standard InChI is InChI=1S/C15H25N3O2S/c1-3-16-13(2)14-8-7-9-15(12-14)21(19,20)17-18-10-5-4-6-11-18/h7-9,12-13,16-17H,3-6,10-11H2,1-2H3. The Labute approximate surface area is 127 Å². The number of sulfonamides is 1. The van der Waals surface area contributed by atoms with Crippen LogP contribution in [0.2, 0.25) is 0 Å². The van der Waals surface area contributed by atoms with Gasteiger partial charge in [0.1, 0.15) is 0 Å². The molecule has 0 aliphatic carbocycles. The fourth-order valence-corrected chi connectivity index (χ4v) is 3.76. The zero-order valence-electron chi connectivity index (χ0n) is 12.8. The van der Waals surface area contributed by atoms with Gasteiger partial charge in [-0.2, -0.15) is 0 Å². The van der Waals surface area contributed by atoms with Gasteiger partial charge in [0.15, 0.2) is 0 Å². The first-order valence-electron chi connectivity index (χ1n) is 7.63. The quantitative estimate of drug-likeness (QED) is 0.844. The van der Waals surface area contributed by atoms with Crippen molar-refractivity contribution < 1.29 is 8.42 Å². The molecule has 0 bridgehead atoms. The molecular weight excluding hydrogens is 286 g/mol. The number of nitrogens with one attached hydrogen (secondary N) is 2. The molecule has 0 radical (unpaired) electrons. The lowest BCUT2D eigenvalue weighted by Gasteiger charge is -2.26. The summed E-state index contributed by atoms with van der Waals surface area (Å²) in [6.45, 7) is 6.49. The lowest BCUT2D eigenvalue weighted by atomic mass is 10.1. The molecule has 1 unspecified atom stereocenters. The van der Waals surface area contributed by atoms with E-state index >= 15 is 0 Å². The first kappa shape index (κ1) is 16.4. The Morgan fingerprint density at radius 2 is 1.95 bits per heavy atom. The normalized spacial score (nSPS) is 18.6. The average molecular weight is 311 g/mol. The van der Waals surface area contributed by atoms with Crippen molar-refractivity contribution in [2.45, 2.75) is 44.0 Å². The molecule has 21 heavy (non-hydrogen) atoms. The Balaban J connectivity index is 2.13. The number of hydrogen-bond donors (Lipinski definition) is 2. The lowest BCUT2D eigenvalue weighted by molar-refractivity contribution is 0.200. The zero-order chi connectivity index (χ0) is 15.3. The molecule has 5 nitrogen and oxygen atoms in total. The molecule has 1 aliphatic rings. The summed E-state index contributed by atoms with van der Waals surface area (Å²) >= 11 is 0. The van der Waals surface area contributed by atoms with E-state index in [4.69, 9.17) is 0 Å². The van der Waals surface area contributed by atoms with Gasteiger partial charge in [-0.05, 0) is 44.0 Å². The summed E-state index contributed by atoms with van der Waals surface area (Å²) in [6.07, 6.45) is 3.26. The lowest BCUT2D eigenvalue weighted by Crippen LogP contribution is -2.44. The van der Waals surface area contributed by atoms with Crippen molar-refractivity contribution in [1.82, 2.24) is 15.2 Å². The highest BCUT2D eigenvalue weighted by molar-refractivity contribution is 7.89. The first-order valence-corrected chi connectivity index (χ1v) is 9.12. The van der Waals surface area contributed by atoms with Crippen molar-refractivity contribution >= 4 is 10.0 Å². The second-order valence-electron chi connectivity index (χ2n) is 5.49. The number of nitrogens with zero attached hydrogens (tertiary/aromatic N) is 1. The minimum absolute atomic E-state index is 0.139. The van der Waals surface area contributed by atoms with E-state index in [0.717, 1.165) is 38.0 Å². The highest BCUT2D eigenvalue weighted by Gasteiger charge is 2.20. The highest BCUT2D eigenvalue weighted by atomic mass is 32.2. The zero-order valence-corrected chi connectivity index (χ0v) is 13.6. The summed E-state index contributed by atoms with van der Waals surface area (Å²) in [6, 6.07) is 7.29. The third-order valence-electron chi connectivity index (χ3n) is 3.78. The monoisotopic (exact) mass is 311 g/mol. The average Bonchev–Trinajstić information content (AvgIpc) is 2.48. The van der Waals surface area contributed by atoms with E-state index < -0.39 is 10.0 Å². The predicted molar refractivity (Wildman–Crippen MR) is 84.3 cm³/mol. The Morgan fingerprint density at radius 1 is 1.24 bits per heavy atom. The van der Waals surface area contributed by atoms with Crippen LogP contribution in [-0.2, 0) is 10.0 Å². The third kappa shape index (κ3) is 4.51. The van der Waals surface area contributed by atoms with Crippen molar-refractivity contribution in [2.24, 2.45) is 0 Å². The van der Waals surface area contributed by atoms with Gasteiger partial charge in [-0.15, -0.1) is 4.83 Å². The van der Waals surface area contributed by atoms with E-state index in [-0.39, 0.29) is 6.04 Å². The van der Waals surface area contributed by atoms with Crippen LogP contribution < -0.4 is 10.1 Å². The Hall–Kier alpha value is -0.950. The van der Waals surface area contributed by atoms with E-state index in [1.54, 1.807) is 23.2 Å². The smallest absolute Gasteiger partial charge is 0.253 e.